The normalized spacial score (nSPS) is 18.2. The number of hydrogen-bond acceptors (Lipinski definition) is 5. The van der Waals surface area contributed by atoms with E-state index >= 15 is 0 Å². The molecule has 2 aromatic carbocycles. The van der Waals surface area contributed by atoms with E-state index < -0.39 is 23.6 Å². The molecule has 0 aliphatic carbocycles. The molecular weight excluding hydrogens is 472 g/mol. The fraction of sp³-hybridized carbons (Fsp3) is 0.276. The van der Waals surface area contributed by atoms with Gasteiger partial charge in [-0.1, -0.05) is 44.2 Å². The van der Waals surface area contributed by atoms with E-state index in [9.17, 15) is 19.5 Å². The lowest BCUT2D eigenvalue weighted by Crippen LogP contribution is -2.33. The molecule has 7 heteroatoms. The Labute approximate surface area is 214 Å². The molecule has 1 atom stereocenters. The van der Waals surface area contributed by atoms with E-state index in [2.05, 4.69) is 18.4 Å². The number of anilines is 2. The van der Waals surface area contributed by atoms with E-state index in [-0.39, 0.29) is 17.3 Å². The van der Waals surface area contributed by atoms with Crippen LogP contribution < -0.4 is 9.80 Å². The minimum absolute atomic E-state index is 0.0127. The molecule has 3 heterocycles. The quantitative estimate of drug-likeness (QED) is 0.452. The first-order chi connectivity index (χ1) is 17.3. The van der Waals surface area contributed by atoms with Crippen LogP contribution in [0.15, 0.2) is 71.3 Å². The van der Waals surface area contributed by atoms with Gasteiger partial charge in [0, 0.05) is 40.7 Å². The van der Waals surface area contributed by atoms with Crippen LogP contribution in [0.3, 0.4) is 0 Å². The summed E-state index contributed by atoms with van der Waals surface area (Å²) in [5.74, 6) is -1.84. The van der Waals surface area contributed by atoms with Crippen molar-refractivity contribution in [1.82, 2.24) is 0 Å². The molecule has 3 aromatic rings. The van der Waals surface area contributed by atoms with Crippen LogP contribution in [0.4, 0.5) is 11.4 Å². The van der Waals surface area contributed by atoms with E-state index in [0.717, 1.165) is 17.5 Å². The standard InChI is InChI=1S/C29H28N2O4S/c1-17(2)27(33)25-26(22-7-4-5-8-23(22)30-14-6-9-24(30)32)31(29(35)28(25)34)21-12-10-19(11-13-21)20-15-18(3)36-16-20/h4-5,7-8,10-13,15-17,26,34H,6,9,14H2,1-3H3. The van der Waals surface area contributed by atoms with Gasteiger partial charge in [0.15, 0.2) is 11.5 Å². The van der Waals surface area contributed by atoms with Crippen LogP contribution >= 0.6 is 11.3 Å². The zero-order valence-electron chi connectivity index (χ0n) is 20.5. The van der Waals surface area contributed by atoms with Crippen LogP contribution in [0.5, 0.6) is 0 Å². The smallest absolute Gasteiger partial charge is 0.294 e. The molecule has 2 amide bonds. The summed E-state index contributed by atoms with van der Waals surface area (Å²) in [6.45, 7) is 6.13. The number of nitrogens with zero attached hydrogens (tertiary/aromatic N) is 2. The van der Waals surface area contributed by atoms with E-state index in [0.29, 0.717) is 29.9 Å². The van der Waals surface area contributed by atoms with Gasteiger partial charge >= 0.3 is 0 Å². The zero-order valence-corrected chi connectivity index (χ0v) is 21.3. The highest BCUT2D eigenvalue weighted by Gasteiger charge is 2.46. The summed E-state index contributed by atoms with van der Waals surface area (Å²) < 4.78 is 0. The van der Waals surface area contributed by atoms with Crippen molar-refractivity contribution in [2.75, 3.05) is 16.3 Å². The number of aliphatic hydroxyl groups excluding tert-OH is 1. The second-order valence-electron chi connectivity index (χ2n) is 9.56. The summed E-state index contributed by atoms with van der Waals surface area (Å²) in [5, 5.41) is 13.1. The molecule has 36 heavy (non-hydrogen) atoms. The van der Waals surface area contributed by atoms with Gasteiger partial charge in [0.05, 0.1) is 11.6 Å². The number of carbonyl (C=O) groups is 3. The highest BCUT2D eigenvalue weighted by Crippen LogP contribution is 2.45. The van der Waals surface area contributed by atoms with Crippen LogP contribution in [-0.4, -0.2) is 29.2 Å². The number of thiophene rings is 1. The van der Waals surface area contributed by atoms with Crippen LogP contribution in [0.25, 0.3) is 11.1 Å². The summed E-state index contributed by atoms with van der Waals surface area (Å²) >= 11 is 1.67. The van der Waals surface area contributed by atoms with Gasteiger partial charge in [0.2, 0.25) is 5.91 Å². The number of hydrogen-bond donors (Lipinski definition) is 1. The maximum atomic E-state index is 13.5. The average molecular weight is 501 g/mol. The first-order valence-corrected chi connectivity index (χ1v) is 13.0. The maximum Gasteiger partial charge on any atom is 0.294 e. The van der Waals surface area contributed by atoms with Gasteiger partial charge in [-0.05, 0) is 54.1 Å². The van der Waals surface area contributed by atoms with Crippen molar-refractivity contribution >= 4 is 40.3 Å². The molecule has 1 fully saturated rings. The molecule has 2 aliphatic heterocycles. The summed E-state index contributed by atoms with van der Waals surface area (Å²) in [5.41, 5.74) is 4.07. The monoisotopic (exact) mass is 500 g/mol. The van der Waals surface area contributed by atoms with Crippen LogP contribution in [0.2, 0.25) is 0 Å². The molecule has 1 unspecified atom stereocenters. The Hall–Kier alpha value is -3.71. The minimum Gasteiger partial charge on any atom is -0.503 e. The summed E-state index contributed by atoms with van der Waals surface area (Å²) in [6, 6.07) is 16.2. The van der Waals surface area contributed by atoms with Crippen molar-refractivity contribution in [3.63, 3.8) is 0 Å². The van der Waals surface area contributed by atoms with E-state index in [1.807, 2.05) is 48.5 Å². The van der Waals surface area contributed by atoms with Crippen molar-refractivity contribution in [3.8, 4) is 11.1 Å². The minimum atomic E-state index is -0.841. The number of amides is 2. The molecular formula is C29H28N2O4S. The number of rotatable bonds is 6. The Balaban J connectivity index is 1.64. The number of para-hydroxylation sites is 1. The van der Waals surface area contributed by atoms with Gasteiger partial charge in [-0.2, -0.15) is 0 Å². The second-order valence-corrected chi connectivity index (χ2v) is 10.7. The van der Waals surface area contributed by atoms with Crippen molar-refractivity contribution in [1.29, 1.82) is 0 Å². The van der Waals surface area contributed by atoms with Gasteiger partial charge in [0.1, 0.15) is 0 Å². The highest BCUT2D eigenvalue weighted by molar-refractivity contribution is 7.10. The number of aliphatic hydroxyl groups is 1. The fourth-order valence-electron chi connectivity index (χ4n) is 5.01. The third-order valence-corrected chi connectivity index (χ3v) is 7.66. The average Bonchev–Trinajstić information content (AvgIpc) is 3.57. The lowest BCUT2D eigenvalue weighted by molar-refractivity contribution is -0.119. The van der Waals surface area contributed by atoms with Gasteiger partial charge in [-0.25, -0.2) is 0 Å². The Bertz CT molecular complexity index is 1390. The van der Waals surface area contributed by atoms with Crippen molar-refractivity contribution < 1.29 is 19.5 Å². The Kier molecular flexibility index (Phi) is 6.26. The van der Waals surface area contributed by atoms with Crippen LogP contribution in [0, 0.1) is 12.8 Å². The first kappa shape index (κ1) is 24.0. The summed E-state index contributed by atoms with van der Waals surface area (Å²) in [7, 11) is 0. The predicted molar refractivity (Wildman–Crippen MR) is 142 cm³/mol. The molecule has 1 aromatic heterocycles. The topological polar surface area (TPSA) is 77.9 Å². The second kappa shape index (κ2) is 9.39. The van der Waals surface area contributed by atoms with E-state index in [1.54, 1.807) is 30.1 Å². The third-order valence-electron chi connectivity index (χ3n) is 6.80. The largest absolute Gasteiger partial charge is 0.503 e. The van der Waals surface area contributed by atoms with Crippen molar-refractivity contribution in [3.05, 3.63) is 81.8 Å². The van der Waals surface area contributed by atoms with Crippen molar-refractivity contribution in [2.45, 2.75) is 39.7 Å². The Morgan fingerprint density at radius 2 is 1.78 bits per heavy atom. The fourth-order valence-corrected chi connectivity index (χ4v) is 5.72. The molecule has 6 nitrogen and oxygen atoms in total. The predicted octanol–water partition coefficient (Wildman–Crippen LogP) is 5.98. The SMILES string of the molecule is Cc1cc(-c2ccc(N3C(=O)C(O)=C(C(=O)C(C)C)C3c3ccccc3N3CCCC3=O)cc2)cs1. The molecule has 0 spiro atoms. The molecule has 0 saturated carbocycles. The summed E-state index contributed by atoms with van der Waals surface area (Å²) in [4.78, 5) is 43.8. The Morgan fingerprint density at radius 3 is 2.39 bits per heavy atom. The first-order valence-electron chi connectivity index (χ1n) is 12.1. The summed E-state index contributed by atoms with van der Waals surface area (Å²) in [6.07, 6.45) is 1.22. The lowest BCUT2D eigenvalue weighted by Gasteiger charge is -2.31. The number of Topliss-reactive ketones (excluding diaryl/α,β-unsaturated/α-hetero) is 1. The molecule has 1 saturated heterocycles. The van der Waals surface area contributed by atoms with Gasteiger partial charge in [-0.15, -0.1) is 11.3 Å². The van der Waals surface area contributed by atoms with E-state index in [1.165, 1.54) is 9.78 Å². The molecule has 2 aliphatic rings. The van der Waals surface area contributed by atoms with Crippen LogP contribution in [0.1, 0.15) is 43.2 Å². The zero-order chi connectivity index (χ0) is 25.6. The number of carbonyl (C=O) groups excluding carboxylic acids is 3. The molecule has 184 valence electrons. The van der Waals surface area contributed by atoms with Gasteiger partial charge < -0.3 is 10.0 Å². The number of aryl methyl sites for hydroxylation is 1. The van der Waals surface area contributed by atoms with Gasteiger partial charge in [-0.3, -0.25) is 19.3 Å². The maximum absolute atomic E-state index is 13.5. The number of ketones is 1. The Morgan fingerprint density at radius 1 is 1.06 bits per heavy atom. The molecule has 0 radical (unpaired) electrons. The van der Waals surface area contributed by atoms with E-state index in [4.69, 9.17) is 0 Å². The molecule has 0 bridgehead atoms. The number of benzene rings is 2. The van der Waals surface area contributed by atoms with Crippen molar-refractivity contribution in [2.24, 2.45) is 5.92 Å². The molecule has 5 rings (SSSR count). The molecule has 1 N–H and O–H groups in total. The van der Waals surface area contributed by atoms with Crippen LogP contribution in [-0.2, 0) is 14.4 Å². The lowest BCUT2D eigenvalue weighted by atomic mass is 9.90. The van der Waals surface area contributed by atoms with Gasteiger partial charge in [0.25, 0.3) is 5.91 Å². The third kappa shape index (κ3) is 4.03. The highest BCUT2D eigenvalue weighted by atomic mass is 32.1.